The zero-order chi connectivity index (χ0) is 21.2. The molecule has 159 valence electrons. The summed E-state index contributed by atoms with van der Waals surface area (Å²) in [4.78, 5) is 2.57. The Morgan fingerprint density at radius 1 is 0.656 bits per heavy atom. The Bertz CT molecular complexity index is 879. The monoisotopic (exact) mass is 493 g/mol. The molecular formula is C29H28N2Y-2. The van der Waals surface area contributed by atoms with Gasteiger partial charge in [0.05, 0.1) is 5.54 Å². The van der Waals surface area contributed by atoms with E-state index in [0.717, 1.165) is 19.6 Å². The predicted molar refractivity (Wildman–Crippen MR) is 128 cm³/mol. The topological polar surface area (TPSA) is 15.3 Å². The number of nitrogens with zero attached hydrogens (tertiary/aromatic N) is 1. The van der Waals surface area contributed by atoms with Crippen molar-refractivity contribution < 1.29 is 32.7 Å². The SMILES string of the molecule is [Y].[c-]1ccccc1.c1ccc(C(c2ccccc2)(c2ccccc2)N2C[CH-]NCC2)cc1. The molecule has 0 aliphatic carbocycles. The first-order chi connectivity index (χ1) is 15.4. The Hall–Kier alpha value is -2.10. The molecule has 0 unspecified atom stereocenters. The van der Waals surface area contributed by atoms with E-state index >= 15 is 0 Å². The maximum atomic E-state index is 3.37. The average Bonchev–Trinajstić information content (AvgIpc) is 2.89. The minimum atomic E-state index is -0.289. The van der Waals surface area contributed by atoms with Crippen LogP contribution in [0.3, 0.4) is 0 Å². The van der Waals surface area contributed by atoms with Crippen LogP contribution in [0.25, 0.3) is 0 Å². The molecule has 0 bridgehead atoms. The Kier molecular flexibility index (Phi) is 9.83. The van der Waals surface area contributed by atoms with Crippen molar-refractivity contribution in [3.63, 3.8) is 0 Å². The molecule has 5 rings (SSSR count). The molecule has 0 saturated carbocycles. The van der Waals surface area contributed by atoms with Gasteiger partial charge in [-0.3, -0.25) is 6.54 Å². The van der Waals surface area contributed by atoms with Gasteiger partial charge in [0, 0.05) is 39.3 Å². The maximum Gasteiger partial charge on any atom is 0.0950 e. The summed E-state index contributed by atoms with van der Waals surface area (Å²) in [6, 6.07) is 45.1. The summed E-state index contributed by atoms with van der Waals surface area (Å²) >= 11 is 0. The third kappa shape index (κ3) is 5.63. The fourth-order valence-corrected chi connectivity index (χ4v) is 4.30. The number of benzene rings is 4. The number of rotatable bonds is 4. The summed E-state index contributed by atoms with van der Waals surface area (Å²) in [7, 11) is 0. The largest absolute Gasteiger partial charge is 0.468 e. The van der Waals surface area contributed by atoms with E-state index in [2.05, 4.69) is 114 Å². The molecule has 1 saturated heterocycles. The molecule has 0 amide bonds. The second kappa shape index (κ2) is 12.8. The first-order valence-electron chi connectivity index (χ1n) is 10.8. The molecular weight excluding hydrogens is 465 g/mol. The van der Waals surface area contributed by atoms with Crippen molar-refractivity contribution >= 4 is 0 Å². The smallest absolute Gasteiger partial charge is 0.0950 e. The number of nitrogens with one attached hydrogen (secondary N) is 1. The normalized spacial score (nSPS) is 13.9. The van der Waals surface area contributed by atoms with E-state index in [1.807, 2.05) is 30.3 Å². The van der Waals surface area contributed by atoms with E-state index < -0.39 is 0 Å². The molecule has 1 aliphatic rings. The summed E-state index contributed by atoms with van der Waals surface area (Å²) in [6.07, 6.45) is 0. The van der Waals surface area contributed by atoms with Crippen molar-refractivity contribution in [3.8, 4) is 0 Å². The van der Waals surface area contributed by atoms with Gasteiger partial charge in [0.1, 0.15) is 0 Å². The molecule has 1 aliphatic heterocycles. The van der Waals surface area contributed by atoms with Crippen molar-refractivity contribution in [1.82, 2.24) is 10.2 Å². The number of hydrogen-bond acceptors (Lipinski definition) is 2. The summed E-state index contributed by atoms with van der Waals surface area (Å²) in [6.45, 7) is 5.04. The van der Waals surface area contributed by atoms with Crippen molar-refractivity contribution in [2.75, 3.05) is 19.6 Å². The van der Waals surface area contributed by atoms with Crippen LogP contribution in [-0.2, 0) is 38.2 Å². The summed E-state index contributed by atoms with van der Waals surface area (Å²) in [5.74, 6) is 0. The van der Waals surface area contributed by atoms with Crippen LogP contribution < -0.4 is 5.32 Å². The molecule has 1 heterocycles. The van der Waals surface area contributed by atoms with Gasteiger partial charge in [0.25, 0.3) is 0 Å². The Morgan fingerprint density at radius 3 is 1.41 bits per heavy atom. The van der Waals surface area contributed by atoms with Crippen LogP contribution in [0, 0.1) is 12.6 Å². The van der Waals surface area contributed by atoms with E-state index in [4.69, 9.17) is 0 Å². The van der Waals surface area contributed by atoms with E-state index in [1.165, 1.54) is 16.7 Å². The van der Waals surface area contributed by atoms with E-state index in [9.17, 15) is 0 Å². The standard InChI is InChI=1S/C23H23N2.C6H5.Y/c1-4-10-20(11-5-1)23(21-12-6-2-7-13-21,22-14-8-3-9-15-22)25-18-16-24-17-19-25;1-2-4-6-5-3-1;/h1-16,24H,17-19H2;1-5H;/q2*-1;. The van der Waals surface area contributed by atoms with Crippen LogP contribution in [0.4, 0.5) is 0 Å². The second-order valence-electron chi connectivity index (χ2n) is 7.49. The van der Waals surface area contributed by atoms with Gasteiger partial charge in [0.2, 0.25) is 0 Å². The fourth-order valence-electron chi connectivity index (χ4n) is 4.30. The Labute approximate surface area is 217 Å². The molecule has 1 fully saturated rings. The summed E-state index contributed by atoms with van der Waals surface area (Å²) in [5, 5.41) is 3.37. The summed E-state index contributed by atoms with van der Waals surface area (Å²) < 4.78 is 0. The first-order valence-corrected chi connectivity index (χ1v) is 10.8. The number of hydrogen-bond donors (Lipinski definition) is 1. The van der Waals surface area contributed by atoms with Gasteiger partial charge in [-0.15, -0.1) is 6.54 Å². The van der Waals surface area contributed by atoms with Gasteiger partial charge in [-0.2, -0.15) is 36.4 Å². The van der Waals surface area contributed by atoms with Crippen LogP contribution in [0.5, 0.6) is 0 Å². The van der Waals surface area contributed by atoms with Gasteiger partial charge in [-0.1, -0.05) is 91.0 Å². The third-order valence-corrected chi connectivity index (χ3v) is 5.64. The molecule has 0 atom stereocenters. The first kappa shape index (κ1) is 24.5. The van der Waals surface area contributed by atoms with Crippen molar-refractivity contribution in [1.29, 1.82) is 0 Å². The molecule has 4 aromatic rings. The van der Waals surface area contributed by atoms with E-state index in [-0.39, 0.29) is 38.2 Å². The van der Waals surface area contributed by atoms with Crippen LogP contribution in [0.2, 0.25) is 0 Å². The minimum absolute atomic E-state index is 0. The molecule has 3 heteroatoms. The van der Waals surface area contributed by atoms with E-state index in [0.29, 0.717) is 0 Å². The third-order valence-electron chi connectivity index (χ3n) is 5.64. The molecule has 4 aromatic carbocycles. The fraction of sp³-hybridized carbons (Fsp3) is 0.138. The van der Waals surface area contributed by atoms with Gasteiger partial charge >= 0.3 is 0 Å². The van der Waals surface area contributed by atoms with Gasteiger partial charge in [-0.25, -0.2) is 0 Å². The van der Waals surface area contributed by atoms with Crippen LogP contribution in [0.15, 0.2) is 121 Å². The zero-order valence-electron chi connectivity index (χ0n) is 18.3. The van der Waals surface area contributed by atoms with Gasteiger partial charge in [0.15, 0.2) is 0 Å². The molecule has 2 nitrogen and oxygen atoms in total. The maximum absolute atomic E-state index is 3.37. The molecule has 0 aromatic heterocycles. The predicted octanol–water partition coefficient (Wildman–Crippen LogP) is 5.53. The molecule has 1 radical (unpaired) electrons. The molecule has 32 heavy (non-hydrogen) atoms. The number of piperazine rings is 1. The van der Waals surface area contributed by atoms with Gasteiger partial charge < -0.3 is 10.2 Å². The molecule has 1 N–H and O–H groups in total. The molecule has 0 spiro atoms. The van der Waals surface area contributed by atoms with Gasteiger partial charge in [-0.05, 0) is 23.2 Å². The quantitative estimate of drug-likeness (QED) is 0.297. The zero-order valence-corrected chi connectivity index (χ0v) is 21.1. The van der Waals surface area contributed by atoms with Crippen LogP contribution in [-0.4, -0.2) is 24.5 Å². The van der Waals surface area contributed by atoms with Crippen LogP contribution >= 0.6 is 0 Å². The van der Waals surface area contributed by atoms with Crippen molar-refractivity contribution in [2.24, 2.45) is 0 Å². The van der Waals surface area contributed by atoms with Crippen molar-refractivity contribution in [2.45, 2.75) is 5.54 Å². The second-order valence-corrected chi connectivity index (χ2v) is 7.49. The van der Waals surface area contributed by atoms with Crippen molar-refractivity contribution in [3.05, 3.63) is 151 Å². The minimum Gasteiger partial charge on any atom is -0.468 e. The Balaban J connectivity index is 0.000000360. The van der Waals surface area contributed by atoms with Crippen LogP contribution in [0.1, 0.15) is 16.7 Å². The average molecular weight is 493 g/mol. The summed E-state index contributed by atoms with van der Waals surface area (Å²) in [5.41, 5.74) is 3.63. The van der Waals surface area contributed by atoms with E-state index in [1.54, 1.807) is 0 Å². The Morgan fingerprint density at radius 2 is 1.09 bits per heavy atom.